The molecule has 1 rings (SSSR count). The monoisotopic (exact) mass is 214 g/mol. The van der Waals surface area contributed by atoms with Crippen molar-refractivity contribution in [3.63, 3.8) is 0 Å². The minimum Gasteiger partial charge on any atom is -0.478 e. The number of halogens is 1. The van der Waals surface area contributed by atoms with Gasteiger partial charge in [-0.3, -0.25) is 0 Å². The minimum atomic E-state index is -1.21. The van der Waals surface area contributed by atoms with E-state index in [0.717, 1.165) is 0 Å². The lowest BCUT2D eigenvalue weighted by Crippen LogP contribution is -2.09. The molecule has 1 N–H and O–H groups in total. The third kappa shape index (κ3) is 2.03. The summed E-state index contributed by atoms with van der Waals surface area (Å²) in [6.45, 7) is 0. The number of carbonyl (C=O) groups excluding carboxylic acids is 1. The Labute approximate surface area is 85.1 Å². The molecule has 1 aromatic carbocycles. The van der Waals surface area contributed by atoms with Crippen LogP contribution >= 0.6 is 11.6 Å². The normalized spacial score (nSPS) is 9.57. The highest BCUT2D eigenvalue weighted by Gasteiger charge is 2.16. The van der Waals surface area contributed by atoms with Crippen molar-refractivity contribution in [3.8, 4) is 0 Å². The first kappa shape index (κ1) is 10.5. The third-order valence-electron chi connectivity index (χ3n) is 1.62. The summed E-state index contributed by atoms with van der Waals surface area (Å²) in [5, 5.41) is 9.03. The Hall–Kier alpha value is -1.55. The highest BCUT2D eigenvalue weighted by molar-refractivity contribution is 6.31. The highest BCUT2D eigenvalue weighted by Crippen LogP contribution is 2.16. The van der Waals surface area contributed by atoms with Crippen LogP contribution in [0.15, 0.2) is 18.2 Å². The van der Waals surface area contributed by atoms with Crippen LogP contribution in [-0.4, -0.2) is 24.2 Å². The number of hydrogen-bond acceptors (Lipinski definition) is 3. The van der Waals surface area contributed by atoms with Gasteiger partial charge in [-0.05, 0) is 18.2 Å². The molecule has 0 fully saturated rings. The van der Waals surface area contributed by atoms with Crippen LogP contribution in [0.25, 0.3) is 0 Å². The average molecular weight is 215 g/mol. The van der Waals surface area contributed by atoms with Crippen LogP contribution < -0.4 is 0 Å². The molecule has 0 aliphatic carbocycles. The molecule has 0 aliphatic rings. The van der Waals surface area contributed by atoms with E-state index in [2.05, 4.69) is 4.74 Å². The molecule has 0 atom stereocenters. The van der Waals surface area contributed by atoms with Gasteiger partial charge in [0.25, 0.3) is 0 Å². The van der Waals surface area contributed by atoms with Gasteiger partial charge in [-0.25, -0.2) is 9.59 Å². The lowest BCUT2D eigenvalue weighted by atomic mass is 10.1. The summed E-state index contributed by atoms with van der Waals surface area (Å²) in [6.07, 6.45) is 0. The van der Waals surface area contributed by atoms with Gasteiger partial charge < -0.3 is 9.84 Å². The van der Waals surface area contributed by atoms with Crippen LogP contribution in [0.3, 0.4) is 0 Å². The van der Waals surface area contributed by atoms with Crippen LogP contribution in [0.2, 0.25) is 5.02 Å². The Bertz CT molecular complexity index is 386. The molecule has 0 bridgehead atoms. The van der Waals surface area contributed by atoms with E-state index in [1.807, 2.05) is 0 Å². The molecule has 4 nitrogen and oxygen atoms in total. The average Bonchev–Trinajstić information content (AvgIpc) is 2.16. The van der Waals surface area contributed by atoms with Crippen LogP contribution in [0, 0.1) is 0 Å². The molecule has 14 heavy (non-hydrogen) atoms. The fraction of sp³-hybridized carbons (Fsp3) is 0.111. The number of carbonyl (C=O) groups is 2. The van der Waals surface area contributed by atoms with E-state index in [-0.39, 0.29) is 16.1 Å². The Kier molecular flexibility index (Phi) is 3.09. The summed E-state index contributed by atoms with van der Waals surface area (Å²) >= 11 is 5.59. The van der Waals surface area contributed by atoms with E-state index in [1.165, 1.54) is 25.3 Å². The standard InChI is InChI=1S/C9H7ClO4/c1-14-9(13)6-3-2-5(10)4-7(6)8(11)12/h2-4H,1H3,(H,11,12). The summed E-state index contributed by atoms with van der Waals surface area (Å²) in [6, 6.07) is 3.95. The van der Waals surface area contributed by atoms with Gasteiger partial charge in [0.15, 0.2) is 0 Å². The van der Waals surface area contributed by atoms with E-state index >= 15 is 0 Å². The zero-order valence-electron chi connectivity index (χ0n) is 7.28. The molecular formula is C9H7ClO4. The van der Waals surface area contributed by atoms with E-state index in [0.29, 0.717) is 0 Å². The predicted molar refractivity (Wildman–Crippen MR) is 49.8 cm³/mol. The maximum absolute atomic E-state index is 11.1. The van der Waals surface area contributed by atoms with Crippen molar-refractivity contribution in [3.05, 3.63) is 34.3 Å². The molecule has 5 heteroatoms. The predicted octanol–water partition coefficient (Wildman–Crippen LogP) is 1.82. The second-order valence-electron chi connectivity index (χ2n) is 2.49. The quantitative estimate of drug-likeness (QED) is 0.763. The van der Waals surface area contributed by atoms with Gasteiger partial charge in [-0.2, -0.15) is 0 Å². The van der Waals surface area contributed by atoms with Crippen LogP contribution in [-0.2, 0) is 4.74 Å². The van der Waals surface area contributed by atoms with Gasteiger partial charge in [-0.15, -0.1) is 0 Å². The van der Waals surface area contributed by atoms with Gasteiger partial charge in [-0.1, -0.05) is 11.6 Å². The lowest BCUT2D eigenvalue weighted by Gasteiger charge is -2.03. The summed E-state index contributed by atoms with van der Waals surface area (Å²) < 4.78 is 4.42. The zero-order valence-corrected chi connectivity index (χ0v) is 8.04. The van der Waals surface area contributed by atoms with Crippen molar-refractivity contribution >= 4 is 23.5 Å². The maximum atomic E-state index is 11.1. The first-order valence-electron chi connectivity index (χ1n) is 3.67. The molecule has 0 unspecified atom stereocenters. The second-order valence-corrected chi connectivity index (χ2v) is 2.92. The molecule has 0 saturated heterocycles. The fourth-order valence-corrected chi connectivity index (χ4v) is 1.15. The molecule has 0 spiro atoms. The van der Waals surface area contributed by atoms with Crippen molar-refractivity contribution in [1.29, 1.82) is 0 Å². The Morgan fingerprint density at radius 2 is 2.00 bits per heavy atom. The van der Waals surface area contributed by atoms with Crippen molar-refractivity contribution in [1.82, 2.24) is 0 Å². The Morgan fingerprint density at radius 3 is 2.50 bits per heavy atom. The van der Waals surface area contributed by atoms with E-state index in [9.17, 15) is 9.59 Å². The van der Waals surface area contributed by atoms with Crippen molar-refractivity contribution < 1.29 is 19.4 Å². The summed E-state index contributed by atoms with van der Waals surface area (Å²) in [5.41, 5.74) is -0.172. The minimum absolute atomic E-state index is 0.00981. The molecule has 0 saturated carbocycles. The number of rotatable bonds is 2. The molecule has 1 aromatic rings. The van der Waals surface area contributed by atoms with E-state index in [1.54, 1.807) is 0 Å². The van der Waals surface area contributed by atoms with Crippen molar-refractivity contribution in [2.24, 2.45) is 0 Å². The Balaban J connectivity index is 3.28. The van der Waals surface area contributed by atoms with Gasteiger partial charge in [0.2, 0.25) is 0 Å². The van der Waals surface area contributed by atoms with Gasteiger partial charge in [0.1, 0.15) is 0 Å². The van der Waals surface area contributed by atoms with Crippen LogP contribution in [0.4, 0.5) is 0 Å². The topological polar surface area (TPSA) is 63.6 Å². The Morgan fingerprint density at radius 1 is 1.36 bits per heavy atom. The van der Waals surface area contributed by atoms with Crippen LogP contribution in [0.1, 0.15) is 20.7 Å². The van der Waals surface area contributed by atoms with Crippen molar-refractivity contribution in [2.75, 3.05) is 7.11 Å². The number of esters is 1. The first-order valence-corrected chi connectivity index (χ1v) is 4.05. The zero-order chi connectivity index (χ0) is 10.7. The SMILES string of the molecule is COC(=O)c1ccc(Cl)cc1C(=O)O. The number of hydrogen-bond donors (Lipinski definition) is 1. The summed E-state index contributed by atoms with van der Waals surface area (Å²) in [5.74, 6) is -1.91. The van der Waals surface area contributed by atoms with Gasteiger partial charge in [0, 0.05) is 5.02 Å². The molecular weight excluding hydrogens is 208 g/mol. The number of carboxylic acid groups (broad SMARTS) is 1. The molecule has 74 valence electrons. The molecule has 0 radical (unpaired) electrons. The number of carboxylic acids is 1. The fourth-order valence-electron chi connectivity index (χ4n) is 0.981. The number of benzene rings is 1. The number of ether oxygens (including phenoxy) is 1. The number of aromatic carboxylic acids is 1. The van der Waals surface area contributed by atoms with Gasteiger partial charge >= 0.3 is 11.9 Å². The molecule has 0 amide bonds. The second kappa shape index (κ2) is 4.11. The lowest BCUT2D eigenvalue weighted by molar-refractivity contribution is 0.0582. The van der Waals surface area contributed by atoms with E-state index < -0.39 is 11.9 Å². The third-order valence-corrected chi connectivity index (χ3v) is 1.85. The van der Waals surface area contributed by atoms with Crippen LogP contribution in [0.5, 0.6) is 0 Å². The highest BCUT2D eigenvalue weighted by atomic mass is 35.5. The molecule has 0 heterocycles. The smallest absolute Gasteiger partial charge is 0.338 e. The first-order chi connectivity index (χ1) is 6.56. The van der Waals surface area contributed by atoms with Gasteiger partial charge in [0.05, 0.1) is 18.2 Å². The number of methoxy groups -OCH3 is 1. The molecule has 0 aromatic heterocycles. The maximum Gasteiger partial charge on any atom is 0.338 e. The molecule has 0 aliphatic heterocycles. The van der Waals surface area contributed by atoms with E-state index in [4.69, 9.17) is 16.7 Å². The van der Waals surface area contributed by atoms with Crippen molar-refractivity contribution in [2.45, 2.75) is 0 Å². The summed E-state index contributed by atoms with van der Waals surface area (Å²) in [7, 11) is 1.18. The largest absolute Gasteiger partial charge is 0.478 e. The summed E-state index contributed by atoms with van der Waals surface area (Å²) in [4.78, 5) is 21.8.